The van der Waals surface area contributed by atoms with Gasteiger partial charge in [0.25, 0.3) is 5.56 Å². The van der Waals surface area contributed by atoms with Gasteiger partial charge in [-0.1, -0.05) is 19.1 Å². The van der Waals surface area contributed by atoms with E-state index in [1.807, 2.05) is 47.0 Å². The van der Waals surface area contributed by atoms with E-state index in [2.05, 4.69) is 11.9 Å². The Morgan fingerprint density at radius 3 is 2.78 bits per heavy atom. The molecule has 5 heteroatoms. The van der Waals surface area contributed by atoms with Gasteiger partial charge in [-0.15, -0.1) is 0 Å². The molecule has 0 saturated carbocycles. The molecule has 0 N–H and O–H groups in total. The zero-order chi connectivity index (χ0) is 16.0. The molecular weight excluding hydrogens is 288 g/mol. The van der Waals surface area contributed by atoms with Crippen molar-refractivity contribution in [2.24, 2.45) is 7.05 Å². The summed E-state index contributed by atoms with van der Waals surface area (Å²) < 4.78 is 3.47. The normalized spacial score (nSPS) is 11.4. The first-order valence-electron chi connectivity index (χ1n) is 7.62. The smallest absolute Gasteiger partial charge is 0.261 e. The summed E-state index contributed by atoms with van der Waals surface area (Å²) in [4.78, 5) is 16.8. The first-order valence-corrected chi connectivity index (χ1v) is 7.62. The second-order valence-corrected chi connectivity index (χ2v) is 5.57. The van der Waals surface area contributed by atoms with Crippen LogP contribution in [0.5, 0.6) is 0 Å². The van der Waals surface area contributed by atoms with E-state index in [9.17, 15) is 4.79 Å². The van der Waals surface area contributed by atoms with Gasteiger partial charge in [-0.2, -0.15) is 5.10 Å². The van der Waals surface area contributed by atoms with Crippen molar-refractivity contribution in [1.29, 1.82) is 0 Å². The maximum atomic E-state index is 12.5. The van der Waals surface area contributed by atoms with Crippen LogP contribution in [0, 0.1) is 0 Å². The van der Waals surface area contributed by atoms with Gasteiger partial charge in [0.15, 0.2) is 0 Å². The molecule has 0 unspecified atom stereocenters. The van der Waals surface area contributed by atoms with Crippen molar-refractivity contribution < 1.29 is 0 Å². The van der Waals surface area contributed by atoms with E-state index in [4.69, 9.17) is 5.10 Å². The Balaban J connectivity index is 2.06. The number of benzene rings is 1. The molecule has 0 radical (unpaired) electrons. The summed E-state index contributed by atoms with van der Waals surface area (Å²) in [6.07, 6.45) is 2.68. The molecule has 4 aromatic rings. The maximum Gasteiger partial charge on any atom is 0.261 e. The number of para-hydroxylation sites is 1. The minimum atomic E-state index is -0.0106. The van der Waals surface area contributed by atoms with E-state index in [1.54, 1.807) is 17.8 Å². The molecule has 0 aliphatic heterocycles. The average Bonchev–Trinajstić information content (AvgIpc) is 3.05. The molecule has 1 aromatic carbocycles. The fraction of sp³-hybridized carbons (Fsp3) is 0.167. The maximum absolute atomic E-state index is 12.5. The Morgan fingerprint density at radius 2 is 1.96 bits per heavy atom. The number of hydrogen-bond donors (Lipinski definition) is 0. The van der Waals surface area contributed by atoms with Gasteiger partial charge in [0.2, 0.25) is 0 Å². The van der Waals surface area contributed by atoms with Crippen molar-refractivity contribution in [2.45, 2.75) is 13.3 Å². The summed E-state index contributed by atoms with van der Waals surface area (Å²) >= 11 is 0. The van der Waals surface area contributed by atoms with Gasteiger partial charge in [-0.25, -0.2) is 4.52 Å². The Morgan fingerprint density at radius 1 is 1.13 bits per heavy atom. The summed E-state index contributed by atoms with van der Waals surface area (Å²) in [6.45, 7) is 2.08. The Labute approximate surface area is 132 Å². The number of rotatable bonds is 2. The monoisotopic (exact) mass is 304 g/mol. The van der Waals surface area contributed by atoms with Gasteiger partial charge in [0.05, 0.1) is 16.6 Å². The molecular formula is C18H16N4O. The third-order valence-electron chi connectivity index (χ3n) is 4.18. The van der Waals surface area contributed by atoms with Crippen LogP contribution in [-0.4, -0.2) is 19.2 Å². The molecule has 0 fully saturated rings. The highest BCUT2D eigenvalue weighted by atomic mass is 16.1. The van der Waals surface area contributed by atoms with E-state index in [0.717, 1.165) is 34.5 Å². The molecule has 3 heterocycles. The van der Waals surface area contributed by atoms with Crippen LogP contribution in [-0.2, 0) is 13.5 Å². The lowest BCUT2D eigenvalue weighted by Crippen LogP contribution is -2.19. The molecule has 0 amide bonds. The van der Waals surface area contributed by atoms with Crippen molar-refractivity contribution in [2.75, 3.05) is 0 Å². The largest absolute Gasteiger partial charge is 0.296 e. The Bertz CT molecular complexity index is 1090. The zero-order valence-corrected chi connectivity index (χ0v) is 13.0. The molecule has 3 aromatic heterocycles. The van der Waals surface area contributed by atoms with Gasteiger partial charge in [0, 0.05) is 30.6 Å². The summed E-state index contributed by atoms with van der Waals surface area (Å²) in [7, 11) is 1.78. The van der Waals surface area contributed by atoms with Crippen LogP contribution in [0.25, 0.3) is 27.8 Å². The molecule has 4 rings (SSSR count). The van der Waals surface area contributed by atoms with Crippen LogP contribution in [0.2, 0.25) is 0 Å². The lowest BCUT2D eigenvalue weighted by atomic mass is 10.1. The van der Waals surface area contributed by atoms with Crippen LogP contribution in [0.15, 0.2) is 53.5 Å². The van der Waals surface area contributed by atoms with Gasteiger partial charge in [-0.05, 0) is 30.7 Å². The summed E-state index contributed by atoms with van der Waals surface area (Å²) in [5.74, 6) is 0. The topological polar surface area (TPSA) is 52.2 Å². The molecule has 23 heavy (non-hydrogen) atoms. The summed E-state index contributed by atoms with van der Waals surface area (Å²) in [5.41, 5.74) is 4.47. The summed E-state index contributed by atoms with van der Waals surface area (Å²) in [5, 5.41) is 5.39. The molecule has 5 nitrogen and oxygen atoms in total. The molecule has 0 spiro atoms. The molecule has 0 aliphatic rings. The van der Waals surface area contributed by atoms with Gasteiger partial charge >= 0.3 is 0 Å². The molecule has 0 atom stereocenters. The quantitative estimate of drug-likeness (QED) is 0.572. The number of aromatic nitrogens is 4. The summed E-state index contributed by atoms with van der Waals surface area (Å²) in [6, 6.07) is 13.5. The Hall–Kier alpha value is -2.95. The van der Waals surface area contributed by atoms with Crippen molar-refractivity contribution in [3.8, 4) is 11.3 Å². The number of nitrogens with zero attached hydrogens (tertiary/aromatic N) is 4. The van der Waals surface area contributed by atoms with Crippen molar-refractivity contribution >= 4 is 16.6 Å². The van der Waals surface area contributed by atoms with E-state index < -0.39 is 0 Å². The highest BCUT2D eigenvalue weighted by Crippen LogP contribution is 2.22. The average molecular weight is 304 g/mol. The Kier molecular flexibility index (Phi) is 3.01. The number of hydrogen-bond acceptors (Lipinski definition) is 3. The second kappa shape index (κ2) is 5.05. The predicted octanol–water partition coefficient (Wildman–Crippen LogP) is 2.81. The zero-order valence-electron chi connectivity index (χ0n) is 13.0. The van der Waals surface area contributed by atoms with E-state index in [0.29, 0.717) is 5.39 Å². The lowest BCUT2D eigenvalue weighted by Gasteiger charge is -2.05. The fourth-order valence-electron chi connectivity index (χ4n) is 2.88. The number of fused-ring (bicyclic) bond motifs is 3. The standard InChI is InChI=1S/C18H16N4O/c1-3-13-10-12(8-9-19-13)15-11-17-21(2)18(23)14-6-4-5-7-16(14)22(17)20-15/h4-11H,3H2,1-2H3. The first kappa shape index (κ1) is 13.7. The third kappa shape index (κ3) is 2.04. The minimum absolute atomic E-state index is 0.0106. The number of pyridine rings is 1. The fourth-order valence-corrected chi connectivity index (χ4v) is 2.88. The lowest BCUT2D eigenvalue weighted by molar-refractivity contribution is 0.850. The highest BCUT2D eigenvalue weighted by Gasteiger charge is 2.12. The van der Waals surface area contributed by atoms with Crippen LogP contribution in [0.3, 0.4) is 0 Å². The van der Waals surface area contributed by atoms with Crippen LogP contribution >= 0.6 is 0 Å². The predicted molar refractivity (Wildman–Crippen MR) is 90.5 cm³/mol. The highest BCUT2D eigenvalue weighted by molar-refractivity contribution is 5.81. The first-order chi connectivity index (χ1) is 11.2. The van der Waals surface area contributed by atoms with Crippen LogP contribution < -0.4 is 5.56 Å². The second-order valence-electron chi connectivity index (χ2n) is 5.57. The van der Waals surface area contributed by atoms with E-state index >= 15 is 0 Å². The number of aryl methyl sites for hydroxylation is 2. The van der Waals surface area contributed by atoms with Crippen molar-refractivity contribution in [3.05, 3.63) is 64.7 Å². The molecule has 0 saturated heterocycles. The SMILES string of the molecule is CCc1cc(-c2cc3n(C)c(=O)c4ccccc4n3n2)ccn1. The van der Waals surface area contributed by atoms with E-state index in [-0.39, 0.29) is 5.56 Å². The van der Waals surface area contributed by atoms with E-state index in [1.165, 1.54) is 0 Å². The van der Waals surface area contributed by atoms with Crippen LogP contribution in [0.4, 0.5) is 0 Å². The molecule has 114 valence electrons. The minimum Gasteiger partial charge on any atom is -0.296 e. The van der Waals surface area contributed by atoms with Gasteiger partial charge < -0.3 is 0 Å². The van der Waals surface area contributed by atoms with Crippen molar-refractivity contribution in [3.63, 3.8) is 0 Å². The van der Waals surface area contributed by atoms with Crippen molar-refractivity contribution in [1.82, 2.24) is 19.2 Å². The van der Waals surface area contributed by atoms with Gasteiger partial charge in [-0.3, -0.25) is 14.3 Å². The molecule has 0 bridgehead atoms. The van der Waals surface area contributed by atoms with Gasteiger partial charge in [0.1, 0.15) is 5.65 Å². The van der Waals surface area contributed by atoms with Crippen LogP contribution in [0.1, 0.15) is 12.6 Å². The molecule has 0 aliphatic carbocycles. The third-order valence-corrected chi connectivity index (χ3v) is 4.18.